The standard InChI is InChI=1S/C19H12N4O6S/c24-16(20-13-5-6-15-11(8-13)4-7-17(25)28-15)10-30-19-22-21-18(29-19)12-2-1-3-14(9-12)23(26)27/h1-9H,10H2,(H,20,24). The topological polar surface area (TPSA) is 141 Å². The Morgan fingerprint density at radius 1 is 1.10 bits per heavy atom. The molecule has 0 atom stereocenters. The zero-order valence-corrected chi connectivity index (χ0v) is 15.9. The first-order valence-electron chi connectivity index (χ1n) is 8.53. The summed E-state index contributed by atoms with van der Waals surface area (Å²) in [5, 5.41) is 22.2. The van der Waals surface area contributed by atoms with Crippen LogP contribution in [0, 0.1) is 10.1 Å². The van der Waals surface area contributed by atoms with Gasteiger partial charge in [-0.2, -0.15) is 0 Å². The molecular weight excluding hydrogens is 412 g/mol. The predicted molar refractivity (Wildman–Crippen MR) is 108 cm³/mol. The number of hydrogen-bond donors (Lipinski definition) is 1. The minimum atomic E-state index is -0.514. The second kappa shape index (κ2) is 8.17. The van der Waals surface area contributed by atoms with Gasteiger partial charge in [-0.25, -0.2) is 4.79 Å². The lowest BCUT2D eigenvalue weighted by atomic mass is 10.2. The number of anilines is 1. The summed E-state index contributed by atoms with van der Waals surface area (Å²) in [6.45, 7) is 0. The van der Waals surface area contributed by atoms with Crippen molar-refractivity contribution in [3.05, 3.63) is 75.1 Å². The third-order valence-corrected chi connectivity index (χ3v) is 4.76. The lowest BCUT2D eigenvalue weighted by molar-refractivity contribution is -0.384. The molecule has 30 heavy (non-hydrogen) atoms. The summed E-state index contributed by atoms with van der Waals surface area (Å²) < 4.78 is 10.5. The molecule has 10 nitrogen and oxygen atoms in total. The van der Waals surface area contributed by atoms with Crippen LogP contribution in [0.1, 0.15) is 0 Å². The summed E-state index contributed by atoms with van der Waals surface area (Å²) in [6, 6.07) is 13.7. The molecule has 1 amide bonds. The molecular formula is C19H12N4O6S. The van der Waals surface area contributed by atoms with Crippen molar-refractivity contribution in [1.29, 1.82) is 0 Å². The first-order valence-corrected chi connectivity index (χ1v) is 9.51. The molecule has 0 aliphatic rings. The number of aromatic nitrogens is 2. The van der Waals surface area contributed by atoms with Crippen LogP contribution in [0.2, 0.25) is 0 Å². The van der Waals surface area contributed by atoms with E-state index in [4.69, 9.17) is 8.83 Å². The van der Waals surface area contributed by atoms with Crippen LogP contribution in [0.4, 0.5) is 11.4 Å². The molecule has 2 heterocycles. The Labute approximate surface area is 172 Å². The number of nitrogens with one attached hydrogen (secondary N) is 1. The normalized spacial score (nSPS) is 10.8. The maximum atomic E-state index is 12.2. The Morgan fingerprint density at radius 2 is 1.97 bits per heavy atom. The summed E-state index contributed by atoms with van der Waals surface area (Å²) in [7, 11) is 0. The molecule has 0 radical (unpaired) electrons. The van der Waals surface area contributed by atoms with Crippen LogP contribution in [0.3, 0.4) is 0 Å². The molecule has 2 aromatic heterocycles. The van der Waals surface area contributed by atoms with Crippen molar-refractivity contribution in [3.63, 3.8) is 0 Å². The van der Waals surface area contributed by atoms with Gasteiger partial charge in [0.15, 0.2) is 0 Å². The first-order chi connectivity index (χ1) is 14.5. The fourth-order valence-electron chi connectivity index (χ4n) is 2.61. The van der Waals surface area contributed by atoms with Crippen molar-refractivity contribution in [3.8, 4) is 11.5 Å². The first kappa shape index (κ1) is 19.3. The Bertz CT molecular complexity index is 1320. The molecule has 11 heteroatoms. The number of carbonyl (C=O) groups is 1. The highest BCUT2D eigenvalue weighted by molar-refractivity contribution is 7.99. The van der Waals surface area contributed by atoms with Crippen molar-refractivity contribution in [2.75, 3.05) is 11.1 Å². The Hall–Kier alpha value is -3.99. The number of hydrogen-bond acceptors (Lipinski definition) is 9. The molecule has 0 bridgehead atoms. The van der Waals surface area contributed by atoms with Crippen molar-refractivity contribution in [2.45, 2.75) is 5.22 Å². The Morgan fingerprint density at radius 3 is 2.80 bits per heavy atom. The number of carbonyl (C=O) groups excluding carboxylic acids is 1. The van der Waals surface area contributed by atoms with Crippen LogP contribution in [0.15, 0.2) is 73.4 Å². The summed E-state index contributed by atoms with van der Waals surface area (Å²) in [6.07, 6.45) is 0. The average Bonchev–Trinajstić information content (AvgIpc) is 3.22. The van der Waals surface area contributed by atoms with Crippen LogP contribution >= 0.6 is 11.8 Å². The average molecular weight is 424 g/mol. The highest BCUT2D eigenvalue weighted by Crippen LogP contribution is 2.26. The van der Waals surface area contributed by atoms with Gasteiger partial charge in [-0.15, -0.1) is 10.2 Å². The fraction of sp³-hybridized carbons (Fsp3) is 0.0526. The second-order valence-electron chi connectivity index (χ2n) is 6.02. The number of nitro groups is 1. The maximum absolute atomic E-state index is 12.2. The number of fused-ring (bicyclic) bond motifs is 1. The molecule has 0 saturated heterocycles. The van der Waals surface area contributed by atoms with Crippen LogP contribution in [0.5, 0.6) is 0 Å². The number of benzene rings is 2. The summed E-state index contributed by atoms with van der Waals surface area (Å²) >= 11 is 1.03. The van der Waals surface area contributed by atoms with E-state index in [-0.39, 0.29) is 28.5 Å². The smallest absolute Gasteiger partial charge is 0.336 e. The summed E-state index contributed by atoms with van der Waals surface area (Å²) in [4.78, 5) is 33.8. The van der Waals surface area contributed by atoms with Crippen LogP contribution in [0.25, 0.3) is 22.4 Å². The van der Waals surface area contributed by atoms with Gasteiger partial charge in [0.1, 0.15) is 5.58 Å². The van der Waals surface area contributed by atoms with E-state index in [1.807, 2.05) is 0 Å². The highest BCUT2D eigenvalue weighted by atomic mass is 32.2. The van der Waals surface area contributed by atoms with Gasteiger partial charge in [0.25, 0.3) is 10.9 Å². The van der Waals surface area contributed by atoms with Gasteiger partial charge in [0.2, 0.25) is 11.8 Å². The van der Waals surface area contributed by atoms with E-state index in [0.29, 0.717) is 22.2 Å². The summed E-state index contributed by atoms with van der Waals surface area (Å²) in [5.41, 5.74) is 0.851. The van der Waals surface area contributed by atoms with Gasteiger partial charge >= 0.3 is 5.63 Å². The summed E-state index contributed by atoms with van der Waals surface area (Å²) in [5.74, 6) is -0.164. The number of amides is 1. The van der Waals surface area contributed by atoms with Gasteiger partial charge in [-0.3, -0.25) is 14.9 Å². The number of nitro benzene ring substituents is 1. The monoisotopic (exact) mass is 424 g/mol. The molecule has 4 aromatic rings. The minimum absolute atomic E-state index is 0.0124. The molecule has 0 spiro atoms. The number of rotatable bonds is 6. The van der Waals surface area contributed by atoms with Crippen molar-refractivity contribution >= 4 is 40.0 Å². The van der Waals surface area contributed by atoms with E-state index in [2.05, 4.69) is 15.5 Å². The SMILES string of the molecule is O=C(CSc1nnc(-c2cccc([N+](=O)[O-])c2)o1)Nc1ccc2oc(=O)ccc2c1. The minimum Gasteiger partial charge on any atom is -0.423 e. The number of thioether (sulfide) groups is 1. The lowest BCUT2D eigenvalue weighted by Crippen LogP contribution is -2.14. The Kier molecular flexibility index (Phi) is 5.26. The van der Waals surface area contributed by atoms with E-state index in [9.17, 15) is 19.7 Å². The molecule has 150 valence electrons. The van der Waals surface area contributed by atoms with Gasteiger partial charge in [0.05, 0.1) is 10.7 Å². The maximum Gasteiger partial charge on any atom is 0.336 e. The molecule has 0 unspecified atom stereocenters. The molecule has 2 aromatic carbocycles. The third-order valence-electron chi connectivity index (χ3n) is 3.94. The zero-order chi connectivity index (χ0) is 21.1. The van der Waals surface area contributed by atoms with Crippen molar-refractivity contribution < 1.29 is 18.6 Å². The molecule has 0 aliphatic carbocycles. The second-order valence-corrected chi connectivity index (χ2v) is 6.95. The van der Waals surface area contributed by atoms with Gasteiger partial charge in [0, 0.05) is 34.8 Å². The quantitative estimate of drug-likeness (QED) is 0.213. The van der Waals surface area contributed by atoms with E-state index in [1.165, 1.54) is 24.3 Å². The van der Waals surface area contributed by atoms with Crippen LogP contribution < -0.4 is 10.9 Å². The number of nitrogens with zero attached hydrogens (tertiary/aromatic N) is 3. The lowest BCUT2D eigenvalue weighted by Gasteiger charge is -2.05. The number of non-ortho nitro benzene ring substituents is 1. The van der Waals surface area contributed by atoms with Gasteiger partial charge in [-0.05, 0) is 30.3 Å². The van der Waals surface area contributed by atoms with Crippen LogP contribution in [-0.2, 0) is 4.79 Å². The van der Waals surface area contributed by atoms with E-state index < -0.39 is 10.5 Å². The Balaban J connectivity index is 1.39. The third kappa shape index (κ3) is 4.36. The highest BCUT2D eigenvalue weighted by Gasteiger charge is 2.14. The largest absolute Gasteiger partial charge is 0.423 e. The van der Waals surface area contributed by atoms with Gasteiger partial charge in [-0.1, -0.05) is 17.8 Å². The fourth-order valence-corrected chi connectivity index (χ4v) is 3.17. The molecule has 0 fully saturated rings. The molecule has 1 N–H and O–H groups in total. The van der Waals surface area contributed by atoms with E-state index in [0.717, 1.165) is 11.8 Å². The van der Waals surface area contributed by atoms with Crippen molar-refractivity contribution in [2.24, 2.45) is 0 Å². The van der Waals surface area contributed by atoms with Gasteiger partial charge < -0.3 is 14.2 Å². The zero-order valence-electron chi connectivity index (χ0n) is 15.1. The molecule has 4 rings (SSSR count). The molecule has 0 saturated carbocycles. The van der Waals surface area contributed by atoms with E-state index >= 15 is 0 Å². The van der Waals surface area contributed by atoms with Crippen LogP contribution in [-0.4, -0.2) is 26.8 Å². The van der Waals surface area contributed by atoms with Crippen molar-refractivity contribution in [1.82, 2.24) is 10.2 Å². The predicted octanol–water partition coefficient (Wildman–Crippen LogP) is 3.48. The molecule has 0 aliphatic heterocycles. The van der Waals surface area contributed by atoms with E-state index in [1.54, 1.807) is 30.3 Å².